The Kier molecular flexibility index (Phi) is 9.35. The number of sulfonamides is 1. The smallest absolute Gasteiger partial charge is 0.214 e. The molecule has 0 amide bonds. The van der Waals surface area contributed by atoms with Crippen molar-refractivity contribution in [2.45, 2.75) is 81.8 Å². The Morgan fingerprint density at radius 1 is 0.900 bits per heavy atom. The van der Waals surface area contributed by atoms with Crippen molar-refractivity contribution in [2.75, 3.05) is 18.8 Å². The van der Waals surface area contributed by atoms with E-state index >= 15 is 0 Å². The van der Waals surface area contributed by atoms with E-state index in [-0.39, 0.29) is 41.2 Å². The lowest BCUT2D eigenvalue weighted by Crippen LogP contribution is -2.57. The molecule has 5 rings (SSSR count). The maximum atomic E-state index is 13.7. The predicted octanol–water partition coefficient (Wildman–Crippen LogP) is 4.74. The Hall–Kier alpha value is -2.20. The summed E-state index contributed by atoms with van der Waals surface area (Å²) in [4.78, 5) is 13.7. The monoisotopic (exact) mass is 573 g/mol. The van der Waals surface area contributed by atoms with Crippen molar-refractivity contribution < 1.29 is 22.0 Å². The fourth-order valence-corrected chi connectivity index (χ4v) is 8.92. The SMILES string of the molecule is N[C@H](C(=O)C[C@H]1CCCC[C@@H]1CC[C@H]1CN[C@@H]2CCCS(=O)(=O)N1C2)C(c1ccc(F)cc1)c1ccc(F)cc1. The summed E-state index contributed by atoms with van der Waals surface area (Å²) < 4.78 is 54.9. The third-order valence-electron chi connectivity index (χ3n) is 9.35. The minimum absolute atomic E-state index is 0.0405. The molecule has 2 heterocycles. The van der Waals surface area contributed by atoms with Crippen LogP contribution >= 0.6 is 0 Å². The topological polar surface area (TPSA) is 92.5 Å². The highest BCUT2D eigenvalue weighted by atomic mass is 32.2. The summed E-state index contributed by atoms with van der Waals surface area (Å²) in [5.41, 5.74) is 8.07. The predicted molar refractivity (Wildman–Crippen MR) is 152 cm³/mol. The Morgan fingerprint density at radius 3 is 2.12 bits per heavy atom. The number of ketones is 1. The van der Waals surface area contributed by atoms with Gasteiger partial charge in [0.05, 0.1) is 11.8 Å². The second-order valence-corrected chi connectivity index (χ2v) is 14.0. The maximum Gasteiger partial charge on any atom is 0.214 e. The van der Waals surface area contributed by atoms with Gasteiger partial charge in [-0.3, -0.25) is 4.79 Å². The molecule has 218 valence electrons. The average Bonchev–Trinajstić information content (AvgIpc) is 3.06. The molecule has 2 aromatic rings. The van der Waals surface area contributed by atoms with Crippen LogP contribution in [0.5, 0.6) is 0 Å². The summed E-state index contributed by atoms with van der Waals surface area (Å²) in [6.07, 6.45) is 7.79. The molecule has 9 heteroatoms. The molecule has 1 unspecified atom stereocenters. The number of piperazine rings is 1. The number of fused-ring (bicyclic) bond motifs is 2. The number of nitrogens with two attached hydrogens (primary N) is 1. The Balaban J connectivity index is 1.27. The van der Waals surface area contributed by atoms with Crippen LogP contribution in [-0.2, 0) is 14.8 Å². The molecule has 2 aromatic carbocycles. The number of hydrogen-bond donors (Lipinski definition) is 2. The largest absolute Gasteiger partial charge is 0.321 e. The van der Waals surface area contributed by atoms with Gasteiger partial charge in [-0.15, -0.1) is 0 Å². The summed E-state index contributed by atoms with van der Waals surface area (Å²) in [7, 11) is -3.23. The molecule has 6 atom stereocenters. The number of carbonyl (C=O) groups excluding carboxylic acids is 1. The zero-order valence-corrected chi connectivity index (χ0v) is 23.8. The van der Waals surface area contributed by atoms with Crippen LogP contribution in [0.4, 0.5) is 8.78 Å². The third kappa shape index (κ3) is 6.81. The first-order valence-electron chi connectivity index (χ1n) is 14.7. The van der Waals surface area contributed by atoms with Gasteiger partial charge in [-0.25, -0.2) is 17.2 Å². The van der Waals surface area contributed by atoms with Gasteiger partial charge in [-0.1, -0.05) is 43.5 Å². The molecule has 0 radical (unpaired) electrons. The Morgan fingerprint density at radius 2 is 1.50 bits per heavy atom. The first kappa shape index (κ1) is 29.3. The first-order valence-corrected chi connectivity index (χ1v) is 16.3. The van der Waals surface area contributed by atoms with Gasteiger partial charge in [0.1, 0.15) is 11.6 Å². The summed E-state index contributed by atoms with van der Waals surface area (Å²) in [5.74, 6) is -0.542. The molecule has 2 saturated heterocycles. The summed E-state index contributed by atoms with van der Waals surface area (Å²) >= 11 is 0. The van der Waals surface area contributed by atoms with Crippen LogP contribution in [0.25, 0.3) is 0 Å². The van der Waals surface area contributed by atoms with E-state index in [1.165, 1.54) is 24.3 Å². The van der Waals surface area contributed by atoms with Gasteiger partial charge in [0.25, 0.3) is 0 Å². The van der Waals surface area contributed by atoms with Gasteiger partial charge in [-0.05, 0) is 79.3 Å². The Labute approximate surface area is 236 Å². The van der Waals surface area contributed by atoms with Gasteiger partial charge in [0.15, 0.2) is 5.78 Å². The number of nitrogens with zero attached hydrogens (tertiary/aromatic N) is 1. The van der Waals surface area contributed by atoms with E-state index in [1.54, 1.807) is 28.6 Å². The molecule has 3 aliphatic rings. The summed E-state index contributed by atoms with van der Waals surface area (Å²) in [6.45, 7) is 1.24. The highest BCUT2D eigenvalue weighted by molar-refractivity contribution is 7.89. The van der Waals surface area contributed by atoms with Crippen LogP contribution in [-0.4, -0.2) is 55.5 Å². The van der Waals surface area contributed by atoms with Gasteiger partial charge >= 0.3 is 0 Å². The van der Waals surface area contributed by atoms with Crippen molar-refractivity contribution in [3.63, 3.8) is 0 Å². The highest BCUT2D eigenvalue weighted by Crippen LogP contribution is 2.38. The molecule has 1 aliphatic carbocycles. The Bertz CT molecular complexity index is 1210. The molecule has 0 aromatic heterocycles. The lowest BCUT2D eigenvalue weighted by atomic mass is 9.72. The van der Waals surface area contributed by atoms with Crippen molar-refractivity contribution in [3.8, 4) is 0 Å². The highest BCUT2D eigenvalue weighted by Gasteiger charge is 2.39. The van der Waals surface area contributed by atoms with Crippen LogP contribution in [0.3, 0.4) is 0 Å². The number of benzene rings is 2. The molecular formula is C31H41F2N3O3S. The maximum absolute atomic E-state index is 13.7. The second kappa shape index (κ2) is 12.8. The molecular weight excluding hydrogens is 532 g/mol. The number of nitrogens with one attached hydrogen (secondary N) is 1. The van der Waals surface area contributed by atoms with E-state index in [2.05, 4.69) is 5.32 Å². The van der Waals surface area contributed by atoms with Crippen molar-refractivity contribution in [2.24, 2.45) is 17.6 Å². The van der Waals surface area contributed by atoms with E-state index in [0.717, 1.165) is 56.1 Å². The van der Waals surface area contributed by atoms with Crippen LogP contribution in [0.2, 0.25) is 0 Å². The fraction of sp³-hybridized carbons (Fsp3) is 0.581. The summed E-state index contributed by atoms with van der Waals surface area (Å²) in [5, 5.41) is 3.55. The quantitative estimate of drug-likeness (QED) is 0.452. The number of hydrogen-bond acceptors (Lipinski definition) is 5. The minimum atomic E-state index is -3.23. The third-order valence-corrected chi connectivity index (χ3v) is 11.3. The molecule has 2 aliphatic heterocycles. The molecule has 6 nitrogen and oxygen atoms in total. The van der Waals surface area contributed by atoms with Gasteiger partial charge in [0, 0.05) is 37.5 Å². The fourth-order valence-electron chi connectivity index (χ4n) is 7.11. The van der Waals surface area contributed by atoms with Crippen molar-refractivity contribution >= 4 is 15.8 Å². The summed E-state index contributed by atoms with van der Waals surface area (Å²) in [6, 6.07) is 11.3. The molecule has 0 spiro atoms. The molecule has 3 fully saturated rings. The van der Waals surface area contributed by atoms with E-state index < -0.39 is 22.0 Å². The van der Waals surface area contributed by atoms with Crippen LogP contribution in [0.1, 0.15) is 74.8 Å². The number of halogens is 2. The zero-order valence-electron chi connectivity index (χ0n) is 23.0. The van der Waals surface area contributed by atoms with Gasteiger partial charge in [0.2, 0.25) is 10.0 Å². The van der Waals surface area contributed by atoms with E-state index in [4.69, 9.17) is 5.73 Å². The molecule has 3 N–H and O–H groups in total. The van der Waals surface area contributed by atoms with E-state index in [9.17, 15) is 22.0 Å². The lowest BCUT2D eigenvalue weighted by Gasteiger charge is -2.39. The van der Waals surface area contributed by atoms with Crippen LogP contribution in [0, 0.1) is 23.5 Å². The molecule has 2 bridgehead atoms. The lowest BCUT2D eigenvalue weighted by molar-refractivity contribution is -0.122. The molecule has 40 heavy (non-hydrogen) atoms. The van der Waals surface area contributed by atoms with Crippen molar-refractivity contribution in [1.82, 2.24) is 9.62 Å². The normalized spacial score (nSPS) is 29.1. The average molecular weight is 574 g/mol. The number of Topliss-reactive ketones (excluding diaryl/α,β-unsaturated/α-hetero) is 1. The zero-order chi connectivity index (χ0) is 28.3. The number of rotatable bonds is 9. The van der Waals surface area contributed by atoms with E-state index in [0.29, 0.717) is 31.8 Å². The number of carbonyl (C=O) groups is 1. The van der Waals surface area contributed by atoms with Crippen LogP contribution in [0.15, 0.2) is 48.5 Å². The first-order chi connectivity index (χ1) is 19.2. The van der Waals surface area contributed by atoms with Crippen molar-refractivity contribution in [1.29, 1.82) is 0 Å². The minimum Gasteiger partial charge on any atom is -0.321 e. The van der Waals surface area contributed by atoms with Crippen LogP contribution < -0.4 is 11.1 Å². The van der Waals surface area contributed by atoms with Gasteiger partial charge < -0.3 is 11.1 Å². The second-order valence-electron chi connectivity index (χ2n) is 11.9. The molecule has 1 saturated carbocycles. The standard InChI is InChI=1S/C31H41F2N3O3S/c32-25-12-7-22(8-13-25)30(23-9-14-26(33)15-10-23)31(34)29(37)18-24-5-2-1-4-21(24)11-16-28-19-35-27-6-3-17-40(38,39)36(28)20-27/h7-10,12-15,21,24,27-28,30-31,35H,1-6,11,16-20,34H2/t21-,24-,27-,28+,31-/m1/s1. The van der Waals surface area contributed by atoms with E-state index in [1.807, 2.05) is 0 Å². The van der Waals surface area contributed by atoms with Gasteiger partial charge in [-0.2, -0.15) is 4.31 Å². The van der Waals surface area contributed by atoms with Crippen molar-refractivity contribution in [3.05, 3.63) is 71.3 Å².